The van der Waals surface area contributed by atoms with E-state index >= 15 is 0 Å². The zero-order valence-electron chi connectivity index (χ0n) is 15.1. The molecule has 1 unspecified atom stereocenters. The lowest BCUT2D eigenvalue weighted by Crippen LogP contribution is -3.11. The molecule has 7 nitrogen and oxygen atoms in total. The molecule has 0 spiro atoms. The molecule has 1 heterocycles. The summed E-state index contributed by atoms with van der Waals surface area (Å²) in [4.78, 5) is 25.2. The number of rotatable bonds is 9. The van der Waals surface area contributed by atoms with Crippen LogP contribution < -0.4 is 15.0 Å². The number of hydrogen-bond acceptors (Lipinski definition) is 5. The van der Waals surface area contributed by atoms with Crippen LogP contribution in [0, 0.1) is 17.0 Å². The number of anilines is 1. The van der Waals surface area contributed by atoms with Crippen molar-refractivity contribution >= 4 is 40.2 Å². The van der Waals surface area contributed by atoms with Gasteiger partial charge in [0, 0.05) is 17.8 Å². The van der Waals surface area contributed by atoms with Crippen LogP contribution in [0.2, 0.25) is 4.34 Å². The molecule has 1 aromatic carbocycles. The zero-order valence-corrected chi connectivity index (χ0v) is 16.7. The number of carbonyl (C=O) groups is 1. The van der Waals surface area contributed by atoms with Gasteiger partial charge in [0.25, 0.3) is 5.91 Å². The van der Waals surface area contributed by atoms with Crippen molar-refractivity contribution in [3.05, 3.63) is 61.8 Å². The van der Waals surface area contributed by atoms with Crippen LogP contribution in [0.3, 0.4) is 0 Å². The number of nitro benzene ring substituents is 1. The first-order valence-electron chi connectivity index (χ1n) is 8.15. The van der Waals surface area contributed by atoms with E-state index in [9.17, 15) is 14.9 Å². The molecule has 2 N–H and O–H groups in total. The fourth-order valence-corrected chi connectivity index (χ4v) is 3.80. The smallest absolute Gasteiger partial charge is 0.311 e. The van der Waals surface area contributed by atoms with Gasteiger partial charge in [0.15, 0.2) is 12.3 Å². The van der Waals surface area contributed by atoms with Crippen LogP contribution in [0.15, 0.2) is 36.9 Å². The van der Waals surface area contributed by atoms with Crippen molar-refractivity contribution < 1.29 is 19.4 Å². The fourth-order valence-electron chi connectivity index (χ4n) is 2.64. The highest BCUT2D eigenvalue weighted by Gasteiger charge is 2.20. The molecule has 0 bridgehead atoms. The first-order chi connectivity index (χ1) is 12.8. The monoisotopic (exact) mass is 410 g/mol. The van der Waals surface area contributed by atoms with Gasteiger partial charge in [-0.25, -0.2) is 0 Å². The number of methoxy groups -OCH3 is 1. The first-order valence-corrected chi connectivity index (χ1v) is 9.35. The number of carbonyl (C=O) groups excluding carboxylic acids is 1. The minimum Gasteiger partial charge on any atom is -0.490 e. The number of aryl methyl sites for hydroxylation is 1. The van der Waals surface area contributed by atoms with Crippen molar-refractivity contribution in [2.45, 2.75) is 13.5 Å². The maximum atomic E-state index is 12.5. The van der Waals surface area contributed by atoms with Gasteiger partial charge in [0.1, 0.15) is 6.54 Å². The van der Waals surface area contributed by atoms with E-state index in [0.29, 0.717) is 28.7 Å². The summed E-state index contributed by atoms with van der Waals surface area (Å²) in [5.41, 5.74) is 0.937. The number of amides is 1. The number of nitrogens with zero attached hydrogens (tertiary/aromatic N) is 1. The Balaban J connectivity index is 2.10. The van der Waals surface area contributed by atoms with Gasteiger partial charge in [-0.15, -0.1) is 11.3 Å². The van der Waals surface area contributed by atoms with E-state index in [1.54, 1.807) is 13.0 Å². The van der Waals surface area contributed by atoms with E-state index < -0.39 is 4.92 Å². The minimum atomic E-state index is -0.514. The summed E-state index contributed by atoms with van der Waals surface area (Å²) in [7, 11) is 1.35. The molecule has 9 heteroatoms. The van der Waals surface area contributed by atoms with Crippen LogP contribution in [-0.4, -0.2) is 31.0 Å². The molecule has 0 aliphatic carbocycles. The van der Waals surface area contributed by atoms with Gasteiger partial charge in [-0.2, -0.15) is 0 Å². The molecular weight excluding hydrogens is 390 g/mol. The first kappa shape index (κ1) is 20.9. The SMILES string of the molecule is C=CC[NH+](CC(=O)Nc1cc(OC)c([N+](=O)[O-])cc1C)Cc1ccc(Cl)s1. The van der Waals surface area contributed by atoms with E-state index in [1.807, 2.05) is 12.1 Å². The molecule has 144 valence electrons. The lowest BCUT2D eigenvalue weighted by molar-refractivity contribution is -0.899. The number of hydrogen-bond donors (Lipinski definition) is 2. The predicted octanol–water partition coefficient (Wildman–Crippen LogP) is 2.84. The van der Waals surface area contributed by atoms with Crippen LogP contribution in [0.4, 0.5) is 11.4 Å². The average molecular weight is 411 g/mol. The summed E-state index contributed by atoms with van der Waals surface area (Å²) in [6.45, 7) is 6.94. The maximum absolute atomic E-state index is 12.5. The highest BCUT2D eigenvalue weighted by Crippen LogP contribution is 2.32. The van der Waals surface area contributed by atoms with E-state index in [2.05, 4.69) is 11.9 Å². The summed E-state index contributed by atoms with van der Waals surface area (Å²) >= 11 is 7.45. The molecule has 1 atom stereocenters. The van der Waals surface area contributed by atoms with Crippen LogP contribution in [0.25, 0.3) is 0 Å². The number of nitrogens with one attached hydrogen (secondary N) is 2. The summed E-state index contributed by atoms with van der Waals surface area (Å²) in [6.07, 6.45) is 1.76. The lowest BCUT2D eigenvalue weighted by atomic mass is 10.1. The Hall–Kier alpha value is -2.42. The van der Waals surface area contributed by atoms with Crippen molar-refractivity contribution in [1.29, 1.82) is 0 Å². The number of benzene rings is 1. The van der Waals surface area contributed by atoms with Crippen molar-refractivity contribution in [3.63, 3.8) is 0 Å². The molecule has 1 aromatic heterocycles. The molecule has 27 heavy (non-hydrogen) atoms. The second-order valence-corrected chi connectivity index (χ2v) is 7.75. The molecular formula is C18H21ClN3O4S+. The highest BCUT2D eigenvalue weighted by atomic mass is 35.5. The Morgan fingerprint density at radius 3 is 2.78 bits per heavy atom. The molecule has 0 fully saturated rings. The Kier molecular flexibility index (Phi) is 7.35. The molecule has 0 aliphatic heterocycles. The fraction of sp³-hybridized carbons (Fsp3) is 0.278. The Labute approximate surface area is 166 Å². The minimum absolute atomic E-state index is 0.101. The van der Waals surface area contributed by atoms with E-state index in [1.165, 1.54) is 30.6 Å². The Bertz CT molecular complexity index is 853. The second-order valence-electron chi connectivity index (χ2n) is 5.95. The lowest BCUT2D eigenvalue weighted by Gasteiger charge is -2.17. The van der Waals surface area contributed by atoms with Gasteiger partial charge < -0.3 is 15.0 Å². The van der Waals surface area contributed by atoms with Gasteiger partial charge >= 0.3 is 5.69 Å². The van der Waals surface area contributed by atoms with E-state index in [-0.39, 0.29) is 23.9 Å². The van der Waals surface area contributed by atoms with Crippen LogP contribution in [0.1, 0.15) is 10.4 Å². The largest absolute Gasteiger partial charge is 0.490 e. The van der Waals surface area contributed by atoms with Gasteiger partial charge in [-0.3, -0.25) is 14.9 Å². The van der Waals surface area contributed by atoms with Crippen molar-refractivity contribution in [2.24, 2.45) is 0 Å². The third kappa shape index (κ3) is 5.78. The number of quaternary nitrogens is 1. The number of halogens is 1. The van der Waals surface area contributed by atoms with Crippen LogP contribution >= 0.6 is 22.9 Å². The number of ether oxygens (including phenoxy) is 1. The zero-order chi connectivity index (χ0) is 20.0. The van der Waals surface area contributed by atoms with Gasteiger partial charge in [-0.05, 0) is 30.7 Å². The third-order valence-corrected chi connectivity index (χ3v) is 5.12. The summed E-state index contributed by atoms with van der Waals surface area (Å²) in [5, 5.41) is 13.9. The number of nitro groups is 1. The number of thiophene rings is 1. The van der Waals surface area contributed by atoms with E-state index in [4.69, 9.17) is 16.3 Å². The standard InChI is InChI=1S/C18H20ClN3O4S/c1-4-7-21(10-13-5-6-17(19)27-13)11-18(23)20-14-9-16(26-3)15(22(24)25)8-12(14)2/h4-6,8-9H,1,7,10-11H2,2-3H3,(H,20,23)/p+1. The summed E-state index contributed by atoms with van der Waals surface area (Å²) in [6, 6.07) is 6.63. The molecule has 1 amide bonds. The molecule has 0 aliphatic rings. The van der Waals surface area contributed by atoms with Crippen molar-refractivity contribution in [2.75, 3.05) is 25.5 Å². The van der Waals surface area contributed by atoms with Gasteiger partial charge in [-0.1, -0.05) is 18.2 Å². The van der Waals surface area contributed by atoms with Gasteiger partial charge in [0.2, 0.25) is 0 Å². The quantitative estimate of drug-likeness (QED) is 0.378. The van der Waals surface area contributed by atoms with Crippen molar-refractivity contribution in [1.82, 2.24) is 0 Å². The van der Waals surface area contributed by atoms with E-state index in [0.717, 1.165) is 9.78 Å². The molecule has 0 radical (unpaired) electrons. The summed E-state index contributed by atoms with van der Waals surface area (Å²) in [5.74, 6) is -0.0991. The molecule has 2 rings (SSSR count). The molecule has 0 saturated heterocycles. The normalized spacial score (nSPS) is 11.7. The van der Waals surface area contributed by atoms with Crippen LogP contribution in [0.5, 0.6) is 5.75 Å². The third-order valence-electron chi connectivity index (χ3n) is 3.89. The van der Waals surface area contributed by atoms with Gasteiger partial charge in [0.05, 0.1) is 27.8 Å². The van der Waals surface area contributed by atoms with Crippen LogP contribution in [-0.2, 0) is 11.3 Å². The topological polar surface area (TPSA) is 85.9 Å². The Morgan fingerprint density at radius 2 is 2.22 bits per heavy atom. The van der Waals surface area contributed by atoms with Crippen molar-refractivity contribution in [3.8, 4) is 5.75 Å². The Morgan fingerprint density at radius 1 is 1.48 bits per heavy atom. The second kappa shape index (κ2) is 9.50. The summed E-state index contributed by atoms with van der Waals surface area (Å²) < 4.78 is 5.77. The predicted molar refractivity (Wildman–Crippen MR) is 107 cm³/mol. The molecule has 0 saturated carbocycles. The average Bonchev–Trinajstić information content (AvgIpc) is 3.01. The molecule has 2 aromatic rings. The maximum Gasteiger partial charge on any atom is 0.311 e. The highest BCUT2D eigenvalue weighted by molar-refractivity contribution is 7.16.